The number of carbonyl (C=O) groups excluding carboxylic acids is 3. The maximum Gasteiger partial charge on any atom is 0.319 e. The topological polar surface area (TPSA) is 118 Å². The highest BCUT2D eigenvalue weighted by atomic mass is 79.9. The van der Waals surface area contributed by atoms with Crippen LogP contribution in [0.1, 0.15) is 18.4 Å². The number of halogens is 1. The Bertz CT molecular complexity index is 1160. The Balaban J connectivity index is 1.93. The molecule has 0 saturated carbocycles. The summed E-state index contributed by atoms with van der Waals surface area (Å²) in [5, 5.41) is 15.6. The Labute approximate surface area is 209 Å². The van der Waals surface area contributed by atoms with Crippen LogP contribution in [0.5, 0.6) is 5.75 Å². The number of ether oxygens (including phenoxy) is 2. The summed E-state index contributed by atoms with van der Waals surface area (Å²) in [5.41, 5.74) is 1.28. The Hall–Kier alpha value is -3.29. The molecule has 2 atom stereocenters. The number of allylic oxidation sites excluding steroid dienone is 1. The molecule has 0 spiro atoms. The Morgan fingerprint density at radius 1 is 1.21 bits per heavy atom. The Morgan fingerprint density at radius 2 is 1.91 bits per heavy atom. The number of para-hydroxylation sites is 1. The van der Waals surface area contributed by atoms with Crippen LogP contribution in [-0.2, 0) is 19.1 Å². The fourth-order valence-corrected chi connectivity index (χ4v) is 4.66. The fraction of sp³-hybridized carbons (Fsp3) is 0.250. The second kappa shape index (κ2) is 11.7. The molecular formula is C24H22BrN3O5S. The van der Waals surface area contributed by atoms with Crippen molar-refractivity contribution in [1.82, 2.24) is 5.32 Å². The van der Waals surface area contributed by atoms with Crippen molar-refractivity contribution < 1.29 is 23.9 Å². The van der Waals surface area contributed by atoms with Crippen molar-refractivity contribution in [2.24, 2.45) is 5.92 Å². The first kappa shape index (κ1) is 25.3. The number of nitriles is 1. The van der Waals surface area contributed by atoms with Crippen LogP contribution in [0.25, 0.3) is 0 Å². The molecule has 1 aliphatic rings. The summed E-state index contributed by atoms with van der Waals surface area (Å²) in [6.45, 7) is 1.73. The summed E-state index contributed by atoms with van der Waals surface area (Å²) in [4.78, 5) is 38.2. The minimum atomic E-state index is -1.27. The third-order valence-electron chi connectivity index (χ3n) is 5.02. The van der Waals surface area contributed by atoms with Crippen LogP contribution < -0.4 is 15.4 Å². The van der Waals surface area contributed by atoms with Gasteiger partial charge in [-0.2, -0.15) is 5.26 Å². The first-order chi connectivity index (χ1) is 16.4. The quantitative estimate of drug-likeness (QED) is 0.382. The second-order valence-corrected chi connectivity index (χ2v) is 9.04. The lowest BCUT2D eigenvalue weighted by molar-refractivity contribution is -0.152. The monoisotopic (exact) mass is 543 g/mol. The average molecular weight is 544 g/mol. The Kier molecular flexibility index (Phi) is 8.73. The normalized spacial score (nSPS) is 17.4. The van der Waals surface area contributed by atoms with Crippen molar-refractivity contribution in [3.05, 3.63) is 69.2 Å². The summed E-state index contributed by atoms with van der Waals surface area (Å²) in [6.07, 6.45) is 0. The number of hydrogen-bond donors (Lipinski definition) is 2. The van der Waals surface area contributed by atoms with E-state index in [0.717, 1.165) is 16.2 Å². The number of carbonyl (C=O) groups is 3. The standard InChI is InChI=1S/C24H22BrN3O5S/c1-3-33-24(31)21-20(16-6-4-5-7-18(16)32-2)17(12-26)23(28-22(21)30)34-13-19(29)27-15-10-8-14(25)9-11-15/h4-11,20-21H,3,13H2,1-2H3,(H,27,29)(H,28,30)/t20-,21-/m0/s1. The van der Waals surface area contributed by atoms with Gasteiger partial charge < -0.3 is 20.1 Å². The van der Waals surface area contributed by atoms with Gasteiger partial charge in [-0.15, -0.1) is 0 Å². The number of rotatable bonds is 8. The smallest absolute Gasteiger partial charge is 0.319 e. The second-order valence-electron chi connectivity index (χ2n) is 7.14. The van der Waals surface area contributed by atoms with Gasteiger partial charge >= 0.3 is 5.97 Å². The highest BCUT2D eigenvalue weighted by molar-refractivity contribution is 9.10. The van der Waals surface area contributed by atoms with Crippen LogP contribution >= 0.6 is 27.7 Å². The third-order valence-corrected chi connectivity index (χ3v) is 6.56. The maximum atomic E-state index is 13.0. The number of nitrogens with zero attached hydrogens (tertiary/aromatic N) is 1. The number of nitrogens with one attached hydrogen (secondary N) is 2. The van der Waals surface area contributed by atoms with Crippen molar-refractivity contribution in [2.75, 3.05) is 24.8 Å². The number of anilines is 1. The van der Waals surface area contributed by atoms with Gasteiger partial charge in [0.1, 0.15) is 11.7 Å². The van der Waals surface area contributed by atoms with Gasteiger partial charge in [-0.1, -0.05) is 45.9 Å². The first-order valence-electron chi connectivity index (χ1n) is 10.3. The van der Waals surface area contributed by atoms with Crippen LogP contribution in [0, 0.1) is 17.2 Å². The number of thioether (sulfide) groups is 1. The van der Waals surface area contributed by atoms with E-state index >= 15 is 0 Å². The summed E-state index contributed by atoms with van der Waals surface area (Å²) in [6, 6.07) is 16.1. The van der Waals surface area contributed by atoms with E-state index in [4.69, 9.17) is 9.47 Å². The molecule has 0 radical (unpaired) electrons. The lowest BCUT2D eigenvalue weighted by Crippen LogP contribution is -2.44. The van der Waals surface area contributed by atoms with Crippen molar-refractivity contribution in [1.29, 1.82) is 5.26 Å². The van der Waals surface area contributed by atoms with E-state index in [1.807, 2.05) is 0 Å². The fourth-order valence-electron chi connectivity index (χ4n) is 3.55. The zero-order valence-corrected chi connectivity index (χ0v) is 20.9. The molecule has 1 aliphatic heterocycles. The number of esters is 1. The molecule has 8 nitrogen and oxygen atoms in total. The van der Waals surface area contributed by atoms with Gasteiger partial charge in [0.25, 0.3) is 0 Å². The molecule has 10 heteroatoms. The summed E-state index contributed by atoms with van der Waals surface area (Å²) in [5.74, 6) is -3.48. The minimum absolute atomic E-state index is 0.0560. The molecule has 2 amide bonds. The molecular weight excluding hydrogens is 522 g/mol. The van der Waals surface area contributed by atoms with Crippen molar-refractivity contribution >= 4 is 51.2 Å². The van der Waals surface area contributed by atoms with Crippen LogP contribution in [0.4, 0.5) is 5.69 Å². The summed E-state index contributed by atoms with van der Waals surface area (Å²) >= 11 is 4.35. The van der Waals surface area contributed by atoms with E-state index in [0.29, 0.717) is 17.0 Å². The minimum Gasteiger partial charge on any atom is -0.496 e. The van der Waals surface area contributed by atoms with Gasteiger partial charge in [0.05, 0.1) is 36.1 Å². The van der Waals surface area contributed by atoms with Crippen LogP contribution in [0.15, 0.2) is 63.6 Å². The zero-order valence-electron chi connectivity index (χ0n) is 18.5. The first-order valence-corrected chi connectivity index (χ1v) is 12.1. The predicted octanol–water partition coefficient (Wildman–Crippen LogP) is 3.96. The van der Waals surface area contributed by atoms with Gasteiger partial charge in [0, 0.05) is 21.6 Å². The highest BCUT2D eigenvalue weighted by Gasteiger charge is 2.45. The number of amides is 2. The van der Waals surface area contributed by atoms with Gasteiger partial charge in [-0.05, 0) is 37.3 Å². The van der Waals surface area contributed by atoms with Crippen LogP contribution in [0.2, 0.25) is 0 Å². The molecule has 176 valence electrons. The predicted molar refractivity (Wildman–Crippen MR) is 132 cm³/mol. The lowest BCUT2D eigenvalue weighted by Gasteiger charge is -2.31. The average Bonchev–Trinajstić information content (AvgIpc) is 2.83. The number of hydrogen-bond acceptors (Lipinski definition) is 7. The van der Waals surface area contributed by atoms with Gasteiger partial charge in [-0.25, -0.2) is 0 Å². The molecule has 0 bridgehead atoms. The molecule has 2 N–H and O–H groups in total. The lowest BCUT2D eigenvalue weighted by atomic mass is 9.78. The molecule has 0 fully saturated rings. The molecule has 0 saturated heterocycles. The molecule has 3 rings (SSSR count). The number of benzene rings is 2. The molecule has 34 heavy (non-hydrogen) atoms. The van der Waals surface area contributed by atoms with Crippen molar-refractivity contribution in [2.45, 2.75) is 12.8 Å². The van der Waals surface area contributed by atoms with Crippen LogP contribution in [-0.4, -0.2) is 37.3 Å². The summed E-state index contributed by atoms with van der Waals surface area (Å²) < 4.78 is 11.4. The van der Waals surface area contributed by atoms with Gasteiger partial charge in [0.2, 0.25) is 11.8 Å². The van der Waals surface area contributed by atoms with E-state index in [9.17, 15) is 19.6 Å². The highest BCUT2D eigenvalue weighted by Crippen LogP contribution is 2.43. The van der Waals surface area contributed by atoms with Crippen LogP contribution in [0.3, 0.4) is 0 Å². The zero-order chi connectivity index (χ0) is 24.7. The van der Waals surface area contributed by atoms with Crippen molar-refractivity contribution in [3.63, 3.8) is 0 Å². The molecule has 0 aliphatic carbocycles. The van der Waals surface area contributed by atoms with Crippen molar-refractivity contribution in [3.8, 4) is 11.8 Å². The van der Waals surface area contributed by atoms with E-state index < -0.39 is 23.7 Å². The molecule has 0 aromatic heterocycles. The van der Waals surface area contributed by atoms with Gasteiger partial charge in [0.15, 0.2) is 0 Å². The molecule has 2 aromatic rings. The maximum absolute atomic E-state index is 13.0. The largest absolute Gasteiger partial charge is 0.496 e. The van der Waals surface area contributed by atoms with E-state index in [-0.39, 0.29) is 28.9 Å². The molecule has 0 unspecified atom stereocenters. The van der Waals surface area contributed by atoms with E-state index in [1.165, 1.54) is 7.11 Å². The van der Waals surface area contributed by atoms with E-state index in [2.05, 4.69) is 32.6 Å². The van der Waals surface area contributed by atoms with E-state index in [1.54, 1.807) is 55.5 Å². The summed E-state index contributed by atoms with van der Waals surface area (Å²) in [7, 11) is 1.47. The number of methoxy groups -OCH3 is 1. The SMILES string of the molecule is CCOC(=O)[C@@H]1C(=O)NC(SCC(=O)Nc2ccc(Br)cc2)=C(C#N)[C@@H]1c1ccccc1OC. The molecule has 1 heterocycles. The molecule has 2 aromatic carbocycles. The van der Waals surface area contributed by atoms with Gasteiger partial charge in [-0.3, -0.25) is 14.4 Å². The Morgan fingerprint density at radius 3 is 2.56 bits per heavy atom. The third kappa shape index (κ3) is 5.79.